The number of amides is 2. The molecule has 9 heteroatoms. The Bertz CT molecular complexity index is 1110. The van der Waals surface area contributed by atoms with Crippen molar-refractivity contribution in [2.45, 2.75) is 18.4 Å². The average molecular weight is 430 g/mol. The van der Waals surface area contributed by atoms with Gasteiger partial charge in [-0.05, 0) is 53.9 Å². The summed E-state index contributed by atoms with van der Waals surface area (Å²) in [6, 6.07) is 16.1. The number of carbonyl (C=O) groups is 2. The van der Waals surface area contributed by atoms with Gasteiger partial charge < -0.3 is 10.6 Å². The maximum atomic E-state index is 12.5. The van der Waals surface area contributed by atoms with Gasteiger partial charge in [-0.25, -0.2) is 13.1 Å². The molecule has 29 heavy (non-hydrogen) atoms. The zero-order valence-electron chi connectivity index (χ0n) is 15.5. The van der Waals surface area contributed by atoms with Crippen molar-refractivity contribution in [1.82, 2.24) is 4.72 Å². The Balaban J connectivity index is 1.69. The van der Waals surface area contributed by atoms with Crippen molar-refractivity contribution < 1.29 is 18.0 Å². The van der Waals surface area contributed by atoms with Crippen molar-refractivity contribution in [3.8, 4) is 0 Å². The number of thiophene rings is 1. The minimum absolute atomic E-state index is 0.0164. The van der Waals surface area contributed by atoms with E-state index >= 15 is 0 Å². The van der Waals surface area contributed by atoms with Gasteiger partial charge in [0.1, 0.15) is 0 Å². The predicted octanol–water partition coefficient (Wildman–Crippen LogP) is 3.44. The van der Waals surface area contributed by atoms with E-state index in [2.05, 4.69) is 15.4 Å². The van der Waals surface area contributed by atoms with Crippen LogP contribution in [0.4, 0.5) is 11.4 Å². The summed E-state index contributed by atoms with van der Waals surface area (Å²) < 4.78 is 27.6. The van der Waals surface area contributed by atoms with Crippen LogP contribution in [0.2, 0.25) is 0 Å². The van der Waals surface area contributed by atoms with Gasteiger partial charge in [-0.1, -0.05) is 12.1 Å². The lowest BCUT2D eigenvalue weighted by Crippen LogP contribution is -2.23. The van der Waals surface area contributed by atoms with E-state index < -0.39 is 15.9 Å². The van der Waals surface area contributed by atoms with Crippen LogP contribution in [0.15, 0.2) is 70.9 Å². The highest BCUT2D eigenvalue weighted by atomic mass is 32.2. The molecule has 150 valence electrons. The molecule has 7 nitrogen and oxygen atoms in total. The van der Waals surface area contributed by atoms with Crippen LogP contribution in [0.1, 0.15) is 22.2 Å². The molecule has 0 aliphatic heterocycles. The first-order valence-corrected chi connectivity index (χ1v) is 11.0. The topological polar surface area (TPSA) is 104 Å². The third-order valence-electron chi connectivity index (χ3n) is 3.89. The van der Waals surface area contributed by atoms with E-state index in [4.69, 9.17) is 0 Å². The van der Waals surface area contributed by atoms with Gasteiger partial charge in [-0.15, -0.1) is 11.3 Å². The largest absolute Gasteiger partial charge is 0.326 e. The standard InChI is InChI=1S/C20H19N3O4S2/c1-14(24)22-16-7-9-17(10-8-16)23-20(25)15-4-2-6-19(12-15)29(26,27)21-13-18-5-3-11-28-18/h2-12,21H,13H2,1H3,(H,22,24)(H,23,25). The lowest BCUT2D eigenvalue weighted by Gasteiger charge is -2.09. The summed E-state index contributed by atoms with van der Waals surface area (Å²) in [6.45, 7) is 1.60. The van der Waals surface area contributed by atoms with Crippen molar-refractivity contribution in [3.05, 3.63) is 76.5 Å². The van der Waals surface area contributed by atoms with E-state index in [0.717, 1.165) is 4.88 Å². The molecule has 0 aliphatic rings. The van der Waals surface area contributed by atoms with Gasteiger partial charge in [0.2, 0.25) is 15.9 Å². The van der Waals surface area contributed by atoms with Gasteiger partial charge in [-0.2, -0.15) is 0 Å². The van der Waals surface area contributed by atoms with E-state index in [9.17, 15) is 18.0 Å². The quantitative estimate of drug-likeness (QED) is 0.535. The van der Waals surface area contributed by atoms with Gasteiger partial charge in [0.25, 0.3) is 5.91 Å². The Morgan fingerprint density at radius 3 is 2.24 bits per heavy atom. The van der Waals surface area contributed by atoms with Crippen molar-refractivity contribution >= 4 is 44.5 Å². The lowest BCUT2D eigenvalue weighted by atomic mass is 10.2. The molecule has 0 radical (unpaired) electrons. The molecule has 1 heterocycles. The summed E-state index contributed by atoms with van der Waals surface area (Å²) in [5, 5.41) is 7.22. The molecular weight excluding hydrogens is 410 g/mol. The third-order valence-corrected chi connectivity index (χ3v) is 6.16. The number of sulfonamides is 1. The molecule has 0 spiro atoms. The summed E-state index contributed by atoms with van der Waals surface area (Å²) >= 11 is 1.46. The lowest BCUT2D eigenvalue weighted by molar-refractivity contribution is -0.114. The van der Waals surface area contributed by atoms with E-state index in [0.29, 0.717) is 11.4 Å². The van der Waals surface area contributed by atoms with Crippen LogP contribution in [0.25, 0.3) is 0 Å². The van der Waals surface area contributed by atoms with E-state index in [1.54, 1.807) is 30.3 Å². The van der Waals surface area contributed by atoms with Crippen molar-refractivity contribution in [1.29, 1.82) is 0 Å². The number of nitrogens with one attached hydrogen (secondary N) is 3. The first-order valence-electron chi connectivity index (χ1n) is 8.64. The monoisotopic (exact) mass is 429 g/mol. The second-order valence-electron chi connectivity index (χ2n) is 6.14. The fraction of sp³-hybridized carbons (Fsp3) is 0.100. The molecular formula is C20H19N3O4S2. The Labute approximate surface area is 172 Å². The smallest absolute Gasteiger partial charge is 0.255 e. The van der Waals surface area contributed by atoms with E-state index in [-0.39, 0.29) is 22.9 Å². The highest BCUT2D eigenvalue weighted by Gasteiger charge is 2.16. The number of carbonyl (C=O) groups excluding carboxylic acids is 2. The minimum atomic E-state index is -3.75. The molecule has 0 unspecified atom stereocenters. The second-order valence-corrected chi connectivity index (χ2v) is 8.94. The molecule has 1 aromatic heterocycles. The number of rotatable bonds is 7. The third kappa shape index (κ3) is 5.74. The normalized spacial score (nSPS) is 11.1. The van der Waals surface area contributed by atoms with Crippen LogP contribution in [0.3, 0.4) is 0 Å². The Morgan fingerprint density at radius 2 is 1.62 bits per heavy atom. The Morgan fingerprint density at radius 1 is 0.931 bits per heavy atom. The van der Waals surface area contributed by atoms with Crippen LogP contribution in [-0.2, 0) is 21.4 Å². The van der Waals surface area contributed by atoms with Crippen LogP contribution in [0, 0.1) is 0 Å². The summed E-state index contributed by atoms with van der Waals surface area (Å²) in [5.74, 6) is -0.625. The molecule has 2 aromatic carbocycles. The first kappa shape index (κ1) is 20.7. The van der Waals surface area contributed by atoms with Gasteiger partial charge in [0.05, 0.1) is 4.90 Å². The molecule has 0 bridgehead atoms. The molecule has 2 amide bonds. The Hall–Kier alpha value is -3.01. The van der Waals surface area contributed by atoms with Gasteiger partial charge in [0, 0.05) is 35.3 Å². The Kier molecular flexibility index (Phi) is 6.42. The van der Waals surface area contributed by atoms with Crippen LogP contribution < -0.4 is 15.4 Å². The molecule has 3 rings (SSSR count). The highest BCUT2D eigenvalue weighted by molar-refractivity contribution is 7.89. The van der Waals surface area contributed by atoms with Gasteiger partial charge in [-0.3, -0.25) is 9.59 Å². The number of anilines is 2. The molecule has 0 saturated carbocycles. The summed E-state index contributed by atoms with van der Waals surface area (Å²) in [5.41, 5.74) is 1.35. The first-order chi connectivity index (χ1) is 13.8. The molecule has 0 saturated heterocycles. The van der Waals surface area contributed by atoms with Crippen LogP contribution in [-0.4, -0.2) is 20.2 Å². The van der Waals surface area contributed by atoms with Crippen molar-refractivity contribution in [3.63, 3.8) is 0 Å². The number of hydrogen-bond donors (Lipinski definition) is 3. The van der Waals surface area contributed by atoms with Crippen LogP contribution >= 0.6 is 11.3 Å². The number of hydrogen-bond acceptors (Lipinski definition) is 5. The summed E-state index contributed by atoms with van der Waals surface area (Å²) in [4.78, 5) is 24.5. The van der Waals surface area contributed by atoms with Crippen molar-refractivity contribution in [2.24, 2.45) is 0 Å². The van der Waals surface area contributed by atoms with Crippen molar-refractivity contribution in [2.75, 3.05) is 10.6 Å². The van der Waals surface area contributed by atoms with E-state index in [1.165, 1.54) is 36.5 Å². The summed E-state index contributed by atoms with van der Waals surface area (Å²) in [6.07, 6.45) is 0. The second kappa shape index (κ2) is 8.99. The molecule has 3 aromatic rings. The minimum Gasteiger partial charge on any atom is -0.326 e. The maximum absolute atomic E-state index is 12.5. The average Bonchev–Trinajstić information content (AvgIpc) is 3.21. The van der Waals surface area contributed by atoms with Gasteiger partial charge in [0.15, 0.2) is 0 Å². The fourth-order valence-corrected chi connectivity index (χ4v) is 4.30. The zero-order valence-corrected chi connectivity index (χ0v) is 17.1. The van der Waals surface area contributed by atoms with Gasteiger partial charge >= 0.3 is 0 Å². The summed E-state index contributed by atoms with van der Waals surface area (Å²) in [7, 11) is -3.75. The van der Waals surface area contributed by atoms with Crippen LogP contribution in [0.5, 0.6) is 0 Å². The van der Waals surface area contributed by atoms with E-state index in [1.807, 2.05) is 17.5 Å². The fourth-order valence-electron chi connectivity index (χ4n) is 2.51. The molecule has 0 atom stereocenters. The zero-order chi connectivity index (χ0) is 20.9. The molecule has 0 fully saturated rings. The number of benzene rings is 2. The molecule has 3 N–H and O–H groups in total. The highest BCUT2D eigenvalue weighted by Crippen LogP contribution is 2.17. The predicted molar refractivity (Wildman–Crippen MR) is 113 cm³/mol. The SMILES string of the molecule is CC(=O)Nc1ccc(NC(=O)c2cccc(S(=O)(=O)NCc3cccs3)c2)cc1. The molecule has 0 aliphatic carbocycles. The maximum Gasteiger partial charge on any atom is 0.255 e.